The van der Waals surface area contributed by atoms with E-state index in [9.17, 15) is 9.00 Å². The molecule has 4 nitrogen and oxygen atoms in total. The van der Waals surface area contributed by atoms with Gasteiger partial charge in [-0.05, 0) is 12.8 Å². The molecule has 1 saturated carbocycles. The van der Waals surface area contributed by atoms with Crippen LogP contribution in [-0.2, 0) is 15.9 Å². The maximum atomic E-state index is 11.3. The van der Waals surface area contributed by atoms with Gasteiger partial charge in [-0.2, -0.15) is 0 Å². The molecule has 2 unspecified atom stereocenters. The van der Waals surface area contributed by atoms with Gasteiger partial charge >= 0.3 is 0 Å². The van der Waals surface area contributed by atoms with Crippen LogP contribution in [-0.4, -0.2) is 37.4 Å². The Morgan fingerprint density at radius 1 is 1.50 bits per heavy atom. The molecule has 2 rings (SSSR count). The SMILES string of the molecule is O=C1CC(S(=O)O)CN1C1CC1. The van der Waals surface area contributed by atoms with Crippen LogP contribution in [0, 0.1) is 0 Å². The fourth-order valence-electron chi connectivity index (χ4n) is 1.57. The van der Waals surface area contributed by atoms with E-state index >= 15 is 0 Å². The molecule has 2 fully saturated rings. The lowest BCUT2D eigenvalue weighted by atomic mass is 10.4. The molecule has 5 heteroatoms. The third kappa shape index (κ3) is 1.38. The number of nitrogens with zero attached hydrogens (tertiary/aromatic N) is 1. The molecule has 1 N–H and O–H groups in total. The van der Waals surface area contributed by atoms with Gasteiger partial charge in [0.05, 0.1) is 5.25 Å². The van der Waals surface area contributed by atoms with Crippen LogP contribution in [0.4, 0.5) is 0 Å². The molecule has 1 saturated heterocycles. The van der Waals surface area contributed by atoms with Crippen molar-refractivity contribution in [1.82, 2.24) is 4.90 Å². The Hall–Kier alpha value is -0.420. The predicted octanol–water partition coefficient (Wildman–Crippen LogP) is -0.0286. The summed E-state index contributed by atoms with van der Waals surface area (Å²) in [5.74, 6) is 0.0462. The van der Waals surface area contributed by atoms with E-state index < -0.39 is 11.1 Å². The van der Waals surface area contributed by atoms with E-state index in [1.54, 1.807) is 4.90 Å². The molecule has 1 aliphatic heterocycles. The van der Waals surface area contributed by atoms with Crippen LogP contribution in [0.3, 0.4) is 0 Å². The van der Waals surface area contributed by atoms with Gasteiger partial charge in [-0.3, -0.25) is 4.79 Å². The summed E-state index contributed by atoms with van der Waals surface area (Å²) in [5.41, 5.74) is 0. The third-order valence-electron chi connectivity index (χ3n) is 2.40. The quantitative estimate of drug-likeness (QED) is 0.621. The van der Waals surface area contributed by atoms with E-state index in [0.717, 1.165) is 12.8 Å². The van der Waals surface area contributed by atoms with E-state index in [1.807, 2.05) is 0 Å². The Balaban J connectivity index is 2.01. The molecule has 0 aromatic carbocycles. The Kier molecular flexibility index (Phi) is 1.92. The maximum absolute atomic E-state index is 11.3. The van der Waals surface area contributed by atoms with E-state index in [-0.39, 0.29) is 17.6 Å². The van der Waals surface area contributed by atoms with Gasteiger partial charge in [-0.1, -0.05) is 0 Å². The Morgan fingerprint density at radius 3 is 2.58 bits per heavy atom. The highest BCUT2D eigenvalue weighted by Gasteiger charge is 2.41. The van der Waals surface area contributed by atoms with Crippen LogP contribution in [0.25, 0.3) is 0 Å². The number of carbonyl (C=O) groups is 1. The van der Waals surface area contributed by atoms with Crippen molar-refractivity contribution in [2.24, 2.45) is 0 Å². The summed E-state index contributed by atoms with van der Waals surface area (Å²) >= 11 is -1.83. The molecule has 0 aromatic heterocycles. The van der Waals surface area contributed by atoms with Crippen LogP contribution in [0.1, 0.15) is 19.3 Å². The molecule has 1 aliphatic carbocycles. The first-order chi connectivity index (χ1) is 5.68. The van der Waals surface area contributed by atoms with E-state index in [4.69, 9.17) is 4.55 Å². The summed E-state index contributed by atoms with van der Waals surface area (Å²) in [6.45, 7) is 0.479. The van der Waals surface area contributed by atoms with Crippen LogP contribution < -0.4 is 0 Å². The lowest BCUT2D eigenvalue weighted by Crippen LogP contribution is -2.28. The summed E-state index contributed by atoms with van der Waals surface area (Å²) in [6, 6.07) is 0.381. The molecule has 12 heavy (non-hydrogen) atoms. The van der Waals surface area contributed by atoms with E-state index in [0.29, 0.717) is 12.6 Å². The number of hydrogen-bond donors (Lipinski definition) is 1. The van der Waals surface area contributed by atoms with E-state index in [1.165, 1.54) is 0 Å². The van der Waals surface area contributed by atoms with Gasteiger partial charge in [0.1, 0.15) is 0 Å². The third-order valence-corrected chi connectivity index (χ3v) is 3.28. The number of hydrogen-bond acceptors (Lipinski definition) is 2. The van der Waals surface area contributed by atoms with Crippen LogP contribution in [0.2, 0.25) is 0 Å². The average Bonchev–Trinajstić information content (AvgIpc) is 2.75. The van der Waals surface area contributed by atoms with Crippen molar-refractivity contribution in [3.05, 3.63) is 0 Å². The summed E-state index contributed by atoms with van der Waals surface area (Å²) in [4.78, 5) is 13.0. The van der Waals surface area contributed by atoms with Crippen molar-refractivity contribution in [2.75, 3.05) is 6.54 Å². The number of likely N-dealkylation sites (tertiary alicyclic amines) is 1. The highest BCUT2D eigenvalue weighted by atomic mass is 32.2. The van der Waals surface area contributed by atoms with Crippen molar-refractivity contribution in [1.29, 1.82) is 0 Å². The van der Waals surface area contributed by atoms with Gasteiger partial charge in [0.2, 0.25) is 5.91 Å². The largest absolute Gasteiger partial charge is 0.338 e. The monoisotopic (exact) mass is 189 g/mol. The Labute approximate surface area is 73.2 Å². The Morgan fingerprint density at radius 2 is 2.17 bits per heavy atom. The first-order valence-corrected chi connectivity index (χ1v) is 5.24. The number of carbonyl (C=O) groups excluding carboxylic acids is 1. The van der Waals surface area contributed by atoms with Crippen molar-refractivity contribution >= 4 is 17.0 Å². The van der Waals surface area contributed by atoms with Crippen LogP contribution in [0.5, 0.6) is 0 Å². The standard InChI is InChI=1S/C7H11NO3S/c9-7-3-6(12(10)11)4-8(7)5-1-2-5/h5-6H,1-4H2,(H,10,11). The van der Waals surface area contributed by atoms with Crippen molar-refractivity contribution in [3.8, 4) is 0 Å². The molecule has 0 aromatic rings. The fraction of sp³-hybridized carbons (Fsp3) is 0.857. The van der Waals surface area contributed by atoms with Crippen LogP contribution in [0.15, 0.2) is 0 Å². The van der Waals surface area contributed by atoms with Gasteiger partial charge < -0.3 is 9.45 Å². The Bertz CT molecular complexity index is 239. The zero-order chi connectivity index (χ0) is 8.72. The molecule has 0 spiro atoms. The highest BCUT2D eigenvalue weighted by Crippen LogP contribution is 2.31. The summed E-state index contributed by atoms with van der Waals surface area (Å²) in [7, 11) is 0. The molecular weight excluding hydrogens is 178 g/mol. The molecule has 2 atom stereocenters. The smallest absolute Gasteiger partial charge is 0.224 e. The molecule has 1 amide bonds. The summed E-state index contributed by atoms with van der Waals surface area (Å²) < 4.78 is 19.5. The molecule has 68 valence electrons. The van der Waals surface area contributed by atoms with Gasteiger partial charge in [-0.15, -0.1) is 0 Å². The first kappa shape index (κ1) is 8.19. The average molecular weight is 189 g/mol. The molecule has 0 radical (unpaired) electrons. The first-order valence-electron chi connectivity index (χ1n) is 4.07. The zero-order valence-corrected chi connectivity index (χ0v) is 7.42. The lowest BCUT2D eigenvalue weighted by molar-refractivity contribution is -0.128. The normalized spacial score (nSPS) is 32.6. The molecular formula is C7H11NO3S. The maximum Gasteiger partial charge on any atom is 0.224 e. The molecule has 1 heterocycles. The van der Waals surface area contributed by atoms with Crippen molar-refractivity contribution in [3.63, 3.8) is 0 Å². The van der Waals surface area contributed by atoms with Gasteiger partial charge in [-0.25, -0.2) is 4.21 Å². The van der Waals surface area contributed by atoms with Gasteiger partial charge in [0, 0.05) is 19.0 Å². The van der Waals surface area contributed by atoms with Crippen molar-refractivity contribution < 1.29 is 13.6 Å². The minimum absolute atomic E-state index is 0.0462. The topological polar surface area (TPSA) is 57.6 Å². The fourth-order valence-corrected chi connectivity index (χ4v) is 2.15. The second-order valence-electron chi connectivity index (χ2n) is 3.38. The number of amides is 1. The highest BCUT2D eigenvalue weighted by molar-refractivity contribution is 7.80. The predicted molar refractivity (Wildman–Crippen MR) is 43.9 cm³/mol. The minimum atomic E-state index is -1.83. The minimum Gasteiger partial charge on any atom is -0.338 e. The summed E-state index contributed by atoms with van der Waals surface area (Å²) in [5, 5.41) is -0.349. The van der Waals surface area contributed by atoms with Gasteiger partial charge in [0.15, 0.2) is 11.1 Å². The van der Waals surface area contributed by atoms with Gasteiger partial charge in [0.25, 0.3) is 0 Å². The van der Waals surface area contributed by atoms with Crippen LogP contribution >= 0.6 is 0 Å². The zero-order valence-electron chi connectivity index (χ0n) is 6.60. The summed E-state index contributed by atoms with van der Waals surface area (Å²) in [6.07, 6.45) is 2.38. The second-order valence-corrected chi connectivity index (χ2v) is 4.60. The lowest BCUT2D eigenvalue weighted by Gasteiger charge is -2.13. The number of rotatable bonds is 2. The van der Waals surface area contributed by atoms with E-state index in [2.05, 4.69) is 0 Å². The molecule has 0 bridgehead atoms. The second kappa shape index (κ2) is 2.81. The van der Waals surface area contributed by atoms with Crippen molar-refractivity contribution in [2.45, 2.75) is 30.6 Å². The molecule has 2 aliphatic rings.